The van der Waals surface area contributed by atoms with Gasteiger partial charge in [-0.2, -0.15) is 0 Å². The van der Waals surface area contributed by atoms with Gasteiger partial charge in [-0.05, 0) is 52.3 Å². The standard InChI is InChI=1S/C14H12BrClN2O4S/c1-22-13-11(15)6-9(16)7-12(13)23(20,21)18-10-4-2-8(3-5-10)14(17)19/h2-7,18H,1H3,(H2,17,19). The molecule has 0 aliphatic rings. The Balaban J connectivity index is 2.41. The summed E-state index contributed by atoms with van der Waals surface area (Å²) in [5.74, 6) is -0.462. The maximum atomic E-state index is 12.5. The minimum absolute atomic E-state index is 0.113. The highest BCUT2D eigenvalue weighted by molar-refractivity contribution is 9.10. The highest BCUT2D eigenvalue weighted by Gasteiger charge is 2.22. The Morgan fingerprint density at radius 2 is 1.87 bits per heavy atom. The molecule has 0 heterocycles. The summed E-state index contributed by atoms with van der Waals surface area (Å²) in [4.78, 5) is 10.9. The molecule has 0 unspecified atom stereocenters. The number of amides is 1. The molecule has 1 amide bonds. The molecule has 23 heavy (non-hydrogen) atoms. The van der Waals surface area contributed by atoms with Crippen LogP contribution in [0.2, 0.25) is 5.02 Å². The van der Waals surface area contributed by atoms with Gasteiger partial charge in [0.1, 0.15) is 4.90 Å². The van der Waals surface area contributed by atoms with Crippen molar-refractivity contribution in [2.24, 2.45) is 5.73 Å². The second-order valence-electron chi connectivity index (χ2n) is 4.47. The normalized spacial score (nSPS) is 11.1. The summed E-state index contributed by atoms with van der Waals surface area (Å²) in [6.07, 6.45) is 0. The SMILES string of the molecule is COc1c(Br)cc(Cl)cc1S(=O)(=O)Nc1ccc(C(N)=O)cc1. The fourth-order valence-electron chi connectivity index (χ4n) is 1.85. The molecule has 122 valence electrons. The molecule has 0 aromatic heterocycles. The zero-order chi connectivity index (χ0) is 17.2. The number of hydrogen-bond acceptors (Lipinski definition) is 4. The number of rotatable bonds is 5. The molecule has 0 saturated carbocycles. The van der Waals surface area contributed by atoms with Gasteiger partial charge in [0.15, 0.2) is 5.75 Å². The molecule has 0 aliphatic carbocycles. The molecule has 6 nitrogen and oxygen atoms in total. The highest BCUT2D eigenvalue weighted by Crippen LogP contribution is 2.36. The van der Waals surface area contributed by atoms with E-state index in [-0.39, 0.29) is 26.9 Å². The van der Waals surface area contributed by atoms with Crippen LogP contribution in [0.4, 0.5) is 5.69 Å². The Morgan fingerprint density at radius 1 is 1.26 bits per heavy atom. The number of primary amides is 1. The average molecular weight is 420 g/mol. The second-order valence-corrected chi connectivity index (χ2v) is 7.41. The Hall–Kier alpha value is -1.77. The van der Waals surface area contributed by atoms with E-state index in [0.717, 1.165) is 0 Å². The average Bonchev–Trinajstić information content (AvgIpc) is 2.46. The summed E-state index contributed by atoms with van der Waals surface area (Å²) in [6, 6.07) is 8.52. The molecule has 0 aliphatic heterocycles. The third-order valence-electron chi connectivity index (χ3n) is 2.89. The van der Waals surface area contributed by atoms with Gasteiger partial charge < -0.3 is 10.5 Å². The predicted molar refractivity (Wildman–Crippen MR) is 91.5 cm³/mol. The number of nitrogens with one attached hydrogen (secondary N) is 1. The molecule has 0 radical (unpaired) electrons. The molecule has 0 spiro atoms. The van der Waals surface area contributed by atoms with Crippen molar-refractivity contribution in [3.8, 4) is 5.75 Å². The van der Waals surface area contributed by atoms with Crippen LogP contribution in [0.25, 0.3) is 0 Å². The van der Waals surface area contributed by atoms with Gasteiger partial charge in [-0.15, -0.1) is 0 Å². The van der Waals surface area contributed by atoms with E-state index in [4.69, 9.17) is 22.1 Å². The number of carbonyl (C=O) groups excluding carboxylic acids is 1. The predicted octanol–water partition coefficient (Wildman–Crippen LogP) is 3.01. The topological polar surface area (TPSA) is 98.5 Å². The first-order chi connectivity index (χ1) is 10.7. The first-order valence-electron chi connectivity index (χ1n) is 6.20. The molecule has 2 aromatic rings. The molecular weight excluding hydrogens is 408 g/mol. The number of benzene rings is 2. The Bertz CT molecular complexity index is 854. The molecule has 0 fully saturated rings. The molecule has 0 atom stereocenters. The number of methoxy groups -OCH3 is 1. The van der Waals surface area contributed by atoms with Crippen molar-refractivity contribution in [3.05, 3.63) is 51.5 Å². The molecule has 9 heteroatoms. The van der Waals surface area contributed by atoms with Gasteiger partial charge in [0.05, 0.1) is 11.6 Å². The van der Waals surface area contributed by atoms with Crippen LogP contribution in [-0.4, -0.2) is 21.4 Å². The summed E-state index contributed by atoms with van der Waals surface area (Å²) >= 11 is 9.12. The van der Waals surface area contributed by atoms with E-state index < -0.39 is 15.9 Å². The van der Waals surface area contributed by atoms with Gasteiger partial charge in [-0.3, -0.25) is 9.52 Å². The summed E-state index contributed by atoms with van der Waals surface area (Å²) < 4.78 is 33.0. The monoisotopic (exact) mass is 418 g/mol. The zero-order valence-corrected chi connectivity index (χ0v) is 15.0. The van der Waals surface area contributed by atoms with E-state index in [1.165, 1.54) is 43.5 Å². The lowest BCUT2D eigenvalue weighted by molar-refractivity contribution is 0.100. The second kappa shape index (κ2) is 6.77. The van der Waals surface area contributed by atoms with Crippen molar-refractivity contribution >= 4 is 49.1 Å². The molecule has 0 saturated heterocycles. The number of sulfonamides is 1. The number of nitrogens with two attached hydrogens (primary N) is 1. The third kappa shape index (κ3) is 3.95. The van der Waals surface area contributed by atoms with Gasteiger partial charge in [-0.1, -0.05) is 11.6 Å². The van der Waals surface area contributed by atoms with E-state index in [0.29, 0.717) is 4.47 Å². The van der Waals surface area contributed by atoms with Crippen molar-refractivity contribution in [1.82, 2.24) is 0 Å². The highest BCUT2D eigenvalue weighted by atomic mass is 79.9. The van der Waals surface area contributed by atoms with E-state index in [1.807, 2.05) is 0 Å². The number of anilines is 1. The van der Waals surface area contributed by atoms with Crippen molar-refractivity contribution in [1.29, 1.82) is 0 Å². The van der Waals surface area contributed by atoms with Gasteiger partial charge in [0, 0.05) is 16.3 Å². The van der Waals surface area contributed by atoms with Crippen molar-refractivity contribution < 1.29 is 17.9 Å². The summed E-state index contributed by atoms with van der Waals surface area (Å²) in [5, 5.41) is 0.238. The number of halogens is 2. The van der Waals surface area contributed by atoms with Crippen LogP contribution >= 0.6 is 27.5 Å². The minimum Gasteiger partial charge on any atom is -0.494 e. The fraction of sp³-hybridized carbons (Fsp3) is 0.0714. The van der Waals surface area contributed by atoms with Crippen LogP contribution in [0.5, 0.6) is 5.75 Å². The smallest absolute Gasteiger partial charge is 0.265 e. The molecule has 2 aromatic carbocycles. The fourth-order valence-corrected chi connectivity index (χ4v) is 4.29. The van der Waals surface area contributed by atoms with Crippen LogP contribution in [0, 0.1) is 0 Å². The number of carbonyl (C=O) groups is 1. The molecule has 3 N–H and O–H groups in total. The van der Waals surface area contributed by atoms with E-state index >= 15 is 0 Å². The van der Waals surface area contributed by atoms with Crippen molar-refractivity contribution in [2.45, 2.75) is 4.90 Å². The lowest BCUT2D eigenvalue weighted by Gasteiger charge is -2.13. The number of hydrogen-bond donors (Lipinski definition) is 2. The molecule has 2 rings (SSSR count). The Labute approximate surface area is 146 Å². The largest absolute Gasteiger partial charge is 0.494 e. The van der Waals surface area contributed by atoms with Gasteiger partial charge in [0.25, 0.3) is 10.0 Å². The lowest BCUT2D eigenvalue weighted by Crippen LogP contribution is -2.15. The maximum Gasteiger partial charge on any atom is 0.265 e. The van der Waals surface area contributed by atoms with Crippen LogP contribution in [0.15, 0.2) is 45.8 Å². The summed E-state index contributed by atoms with van der Waals surface area (Å²) in [7, 11) is -2.58. The summed E-state index contributed by atoms with van der Waals surface area (Å²) in [5.41, 5.74) is 5.68. The number of ether oxygens (including phenoxy) is 1. The van der Waals surface area contributed by atoms with Crippen molar-refractivity contribution in [3.63, 3.8) is 0 Å². The van der Waals surface area contributed by atoms with Gasteiger partial charge in [0.2, 0.25) is 5.91 Å². The molecular formula is C14H12BrClN2O4S. The van der Waals surface area contributed by atoms with Crippen molar-refractivity contribution in [2.75, 3.05) is 11.8 Å². The van der Waals surface area contributed by atoms with Gasteiger partial charge >= 0.3 is 0 Å². The lowest BCUT2D eigenvalue weighted by atomic mass is 10.2. The van der Waals surface area contributed by atoms with Crippen LogP contribution < -0.4 is 15.2 Å². The quantitative estimate of drug-likeness (QED) is 0.778. The first-order valence-corrected chi connectivity index (χ1v) is 8.85. The Kier molecular flexibility index (Phi) is 5.18. The van der Waals surface area contributed by atoms with Gasteiger partial charge in [-0.25, -0.2) is 8.42 Å². The summed E-state index contributed by atoms with van der Waals surface area (Å²) in [6.45, 7) is 0. The van der Waals surface area contributed by atoms with E-state index in [1.54, 1.807) is 0 Å². The third-order valence-corrected chi connectivity index (χ3v) is 5.08. The van der Waals surface area contributed by atoms with E-state index in [9.17, 15) is 13.2 Å². The van der Waals surface area contributed by atoms with Crippen LogP contribution in [-0.2, 0) is 10.0 Å². The first kappa shape index (κ1) is 17.6. The van der Waals surface area contributed by atoms with Crippen LogP contribution in [0.3, 0.4) is 0 Å². The minimum atomic E-state index is -3.94. The zero-order valence-electron chi connectivity index (χ0n) is 11.8. The van der Waals surface area contributed by atoms with Crippen LogP contribution in [0.1, 0.15) is 10.4 Å². The maximum absolute atomic E-state index is 12.5. The molecule has 0 bridgehead atoms. The Morgan fingerprint density at radius 3 is 2.39 bits per heavy atom. The van der Waals surface area contributed by atoms with E-state index in [2.05, 4.69) is 20.7 Å².